The van der Waals surface area contributed by atoms with Crippen LogP contribution in [0.4, 0.5) is 0 Å². The fraction of sp³-hybridized carbons (Fsp3) is 0.455. The third-order valence-electron chi connectivity index (χ3n) is 2.27. The van der Waals surface area contributed by atoms with Crippen molar-refractivity contribution in [3.05, 3.63) is 23.9 Å². The van der Waals surface area contributed by atoms with Gasteiger partial charge in [-0.2, -0.15) is 0 Å². The lowest BCUT2D eigenvalue weighted by molar-refractivity contribution is 0.0696. The first-order valence-electron chi connectivity index (χ1n) is 5.47. The van der Waals surface area contributed by atoms with E-state index in [-0.39, 0.29) is 17.1 Å². The largest absolute Gasteiger partial charge is 0.478 e. The molecule has 0 amide bonds. The summed E-state index contributed by atoms with van der Waals surface area (Å²) in [7, 11) is -2.90. The number of carboxylic acids is 1. The van der Waals surface area contributed by atoms with Crippen molar-refractivity contribution in [1.29, 1.82) is 0 Å². The second kappa shape index (κ2) is 6.75. The first-order valence-corrected chi connectivity index (χ1v) is 8.28. The maximum Gasteiger partial charge on any atom is 0.337 e. The molecule has 0 radical (unpaired) electrons. The summed E-state index contributed by atoms with van der Waals surface area (Å²) in [4.78, 5) is 14.6. The van der Waals surface area contributed by atoms with Crippen LogP contribution in [0.3, 0.4) is 0 Å². The van der Waals surface area contributed by atoms with E-state index in [4.69, 9.17) is 5.11 Å². The van der Waals surface area contributed by atoms with Crippen molar-refractivity contribution in [3.8, 4) is 0 Å². The van der Waals surface area contributed by atoms with E-state index in [0.29, 0.717) is 17.2 Å². The van der Waals surface area contributed by atoms with E-state index in [2.05, 4.69) is 4.98 Å². The van der Waals surface area contributed by atoms with Crippen molar-refractivity contribution >= 4 is 27.6 Å². The molecular weight excluding hydrogens is 274 g/mol. The molecule has 1 heterocycles. The van der Waals surface area contributed by atoms with Gasteiger partial charge in [-0.15, -0.1) is 11.8 Å². The van der Waals surface area contributed by atoms with Crippen molar-refractivity contribution in [1.82, 2.24) is 4.98 Å². The zero-order valence-electron chi connectivity index (χ0n) is 10.00. The molecule has 0 aliphatic rings. The molecule has 0 atom stereocenters. The van der Waals surface area contributed by atoms with Crippen LogP contribution in [-0.2, 0) is 9.84 Å². The summed E-state index contributed by atoms with van der Waals surface area (Å²) in [6.07, 6.45) is 1.87. The van der Waals surface area contributed by atoms with Crippen molar-refractivity contribution in [2.75, 3.05) is 17.3 Å². The minimum absolute atomic E-state index is 0.146. The van der Waals surface area contributed by atoms with Crippen LogP contribution >= 0.6 is 11.8 Å². The number of hydrogen-bond donors (Lipinski definition) is 1. The fourth-order valence-electron chi connectivity index (χ4n) is 1.19. The third-order valence-corrected chi connectivity index (χ3v) is 5.09. The monoisotopic (exact) mass is 289 g/mol. The Morgan fingerprint density at radius 1 is 1.44 bits per heavy atom. The smallest absolute Gasteiger partial charge is 0.337 e. The van der Waals surface area contributed by atoms with Gasteiger partial charge in [0.2, 0.25) is 0 Å². The maximum atomic E-state index is 11.2. The molecule has 1 N–H and O–H groups in total. The number of hydrogen-bond acceptors (Lipinski definition) is 5. The molecule has 0 saturated carbocycles. The third kappa shape index (κ3) is 5.05. The van der Waals surface area contributed by atoms with E-state index >= 15 is 0 Å². The molecule has 0 aromatic carbocycles. The van der Waals surface area contributed by atoms with Crippen molar-refractivity contribution in [2.45, 2.75) is 18.4 Å². The topological polar surface area (TPSA) is 84.3 Å². The zero-order valence-corrected chi connectivity index (χ0v) is 11.6. The van der Waals surface area contributed by atoms with Crippen molar-refractivity contribution in [2.24, 2.45) is 0 Å². The number of carboxylic acid groups (broad SMARTS) is 1. The van der Waals surface area contributed by atoms with Gasteiger partial charge < -0.3 is 5.11 Å². The van der Waals surface area contributed by atoms with E-state index in [1.54, 1.807) is 13.0 Å². The van der Waals surface area contributed by atoms with E-state index in [0.717, 1.165) is 0 Å². The van der Waals surface area contributed by atoms with Gasteiger partial charge in [-0.3, -0.25) is 0 Å². The molecule has 18 heavy (non-hydrogen) atoms. The number of aromatic nitrogens is 1. The Kier molecular flexibility index (Phi) is 5.61. The summed E-state index contributed by atoms with van der Waals surface area (Å²) in [6.45, 7) is 1.63. The van der Waals surface area contributed by atoms with Gasteiger partial charge in [0.15, 0.2) is 0 Å². The Bertz CT molecular complexity index is 496. The average Bonchev–Trinajstić information content (AvgIpc) is 2.35. The Morgan fingerprint density at radius 2 is 2.17 bits per heavy atom. The summed E-state index contributed by atoms with van der Waals surface area (Å²) in [6, 6.07) is 3.11. The minimum atomic E-state index is -2.90. The van der Waals surface area contributed by atoms with Crippen LogP contribution in [0.25, 0.3) is 0 Å². The van der Waals surface area contributed by atoms with Gasteiger partial charge in [0, 0.05) is 17.7 Å². The predicted molar refractivity (Wildman–Crippen MR) is 70.9 cm³/mol. The standard InChI is InChI=1S/C11H15NO4S2/c1-2-18(15,16)7-3-6-17-10-5-4-9(8-12-10)11(13)14/h4-5,8H,2-3,6-7H2,1H3,(H,13,14). The molecule has 1 rings (SSSR count). The highest BCUT2D eigenvalue weighted by molar-refractivity contribution is 7.99. The van der Waals surface area contributed by atoms with Crippen LogP contribution in [0, 0.1) is 0 Å². The quantitative estimate of drug-likeness (QED) is 0.607. The SMILES string of the molecule is CCS(=O)(=O)CCCSc1ccc(C(=O)O)cn1. The molecule has 7 heteroatoms. The Labute approximate surface area is 111 Å². The highest BCUT2D eigenvalue weighted by Crippen LogP contribution is 2.16. The summed E-state index contributed by atoms with van der Waals surface area (Å²) >= 11 is 1.42. The number of sulfone groups is 1. The van der Waals surface area contributed by atoms with Crippen LogP contribution in [0.1, 0.15) is 23.7 Å². The van der Waals surface area contributed by atoms with Crippen LogP contribution in [0.15, 0.2) is 23.4 Å². The molecule has 1 aromatic heterocycles. The molecular formula is C11H15NO4S2. The Hall–Kier alpha value is -1.08. The fourth-order valence-corrected chi connectivity index (χ4v) is 3.04. The molecule has 0 spiro atoms. The average molecular weight is 289 g/mol. The lowest BCUT2D eigenvalue weighted by Gasteiger charge is -2.02. The van der Waals surface area contributed by atoms with Crippen LogP contribution in [0.2, 0.25) is 0 Å². The number of carbonyl (C=O) groups is 1. The molecule has 0 saturated heterocycles. The van der Waals surface area contributed by atoms with E-state index in [1.807, 2.05) is 0 Å². The summed E-state index contributed by atoms with van der Waals surface area (Å²) < 4.78 is 22.5. The normalized spacial score (nSPS) is 11.4. The highest BCUT2D eigenvalue weighted by atomic mass is 32.2. The van der Waals surface area contributed by atoms with Gasteiger partial charge in [-0.05, 0) is 18.6 Å². The van der Waals surface area contributed by atoms with E-state index in [9.17, 15) is 13.2 Å². The number of thioether (sulfide) groups is 1. The van der Waals surface area contributed by atoms with Gasteiger partial charge in [-0.25, -0.2) is 18.2 Å². The van der Waals surface area contributed by atoms with Crippen LogP contribution in [-0.4, -0.2) is 41.7 Å². The van der Waals surface area contributed by atoms with Gasteiger partial charge >= 0.3 is 5.97 Å². The summed E-state index contributed by atoms with van der Waals surface area (Å²) in [5, 5.41) is 9.40. The molecule has 0 unspecified atom stereocenters. The van der Waals surface area contributed by atoms with Crippen molar-refractivity contribution in [3.63, 3.8) is 0 Å². The minimum Gasteiger partial charge on any atom is -0.478 e. The lowest BCUT2D eigenvalue weighted by atomic mass is 10.3. The second-order valence-electron chi connectivity index (χ2n) is 3.63. The van der Waals surface area contributed by atoms with Crippen LogP contribution < -0.4 is 0 Å². The first kappa shape index (κ1) is 15.0. The Morgan fingerprint density at radius 3 is 2.67 bits per heavy atom. The van der Waals surface area contributed by atoms with Gasteiger partial charge in [0.1, 0.15) is 9.84 Å². The number of rotatable bonds is 7. The molecule has 100 valence electrons. The van der Waals surface area contributed by atoms with Crippen LogP contribution in [0.5, 0.6) is 0 Å². The maximum absolute atomic E-state index is 11.2. The molecule has 0 fully saturated rings. The van der Waals surface area contributed by atoms with Gasteiger partial charge in [-0.1, -0.05) is 6.92 Å². The molecule has 5 nitrogen and oxygen atoms in total. The highest BCUT2D eigenvalue weighted by Gasteiger charge is 2.07. The molecule has 0 aliphatic carbocycles. The van der Waals surface area contributed by atoms with E-state index in [1.165, 1.54) is 24.0 Å². The summed E-state index contributed by atoms with van der Waals surface area (Å²) in [5.41, 5.74) is 0.146. The molecule has 0 bridgehead atoms. The second-order valence-corrected chi connectivity index (χ2v) is 7.22. The zero-order chi connectivity index (χ0) is 13.6. The van der Waals surface area contributed by atoms with Gasteiger partial charge in [0.25, 0.3) is 0 Å². The van der Waals surface area contributed by atoms with Gasteiger partial charge in [0.05, 0.1) is 16.3 Å². The summed E-state index contributed by atoms with van der Waals surface area (Å²) in [5.74, 6) is -0.000860. The van der Waals surface area contributed by atoms with E-state index < -0.39 is 15.8 Å². The Balaban J connectivity index is 2.38. The predicted octanol–water partition coefficient (Wildman–Crippen LogP) is 1.70. The lowest BCUT2D eigenvalue weighted by Crippen LogP contribution is -2.09. The number of aromatic carboxylic acids is 1. The van der Waals surface area contributed by atoms with Crippen molar-refractivity contribution < 1.29 is 18.3 Å². The first-order chi connectivity index (χ1) is 8.44. The number of nitrogens with zero attached hydrogens (tertiary/aromatic N) is 1. The molecule has 1 aromatic rings. The molecule has 0 aliphatic heterocycles. The number of pyridine rings is 1.